The number of hydrogen-bond acceptors (Lipinski definition) is 4. The molecule has 162 valence electrons. The number of hydrogen-bond donors (Lipinski definition) is 2. The number of nitrogens with one attached hydrogen (secondary N) is 2. The van der Waals surface area contributed by atoms with Gasteiger partial charge >= 0.3 is 0 Å². The third kappa shape index (κ3) is 6.89. The van der Waals surface area contributed by atoms with Crippen molar-refractivity contribution in [1.82, 2.24) is 15.5 Å². The van der Waals surface area contributed by atoms with E-state index in [9.17, 15) is 0 Å². The summed E-state index contributed by atoms with van der Waals surface area (Å²) < 4.78 is 11.6. The Bertz CT molecular complexity index is 669. The van der Waals surface area contributed by atoms with Crippen molar-refractivity contribution in [3.8, 4) is 5.75 Å². The average molecular weight is 403 g/mol. The number of aryl methyl sites for hydroxylation is 1. The number of ether oxygens (including phenoxy) is 2. The van der Waals surface area contributed by atoms with Crippen molar-refractivity contribution in [2.45, 2.75) is 58.7 Å². The molecule has 1 aromatic rings. The van der Waals surface area contributed by atoms with E-state index in [1.54, 1.807) is 0 Å². The minimum absolute atomic E-state index is 0.484. The highest BCUT2D eigenvalue weighted by Gasteiger charge is 2.29. The van der Waals surface area contributed by atoms with Crippen LogP contribution in [0.2, 0.25) is 0 Å². The van der Waals surface area contributed by atoms with Gasteiger partial charge in [0.2, 0.25) is 0 Å². The van der Waals surface area contributed by atoms with E-state index in [1.165, 1.54) is 18.4 Å². The molecule has 2 fully saturated rings. The van der Waals surface area contributed by atoms with Gasteiger partial charge < -0.3 is 20.1 Å². The Morgan fingerprint density at radius 3 is 2.83 bits per heavy atom. The summed E-state index contributed by atoms with van der Waals surface area (Å²) in [5.41, 5.74) is 2.33. The lowest BCUT2D eigenvalue weighted by atomic mass is 10.1. The lowest BCUT2D eigenvalue weighted by molar-refractivity contribution is 0.166. The van der Waals surface area contributed by atoms with Gasteiger partial charge in [0.05, 0.1) is 19.8 Å². The first kappa shape index (κ1) is 21.9. The van der Waals surface area contributed by atoms with E-state index >= 15 is 0 Å². The molecule has 0 radical (unpaired) electrons. The third-order valence-electron chi connectivity index (χ3n) is 5.86. The monoisotopic (exact) mass is 402 g/mol. The summed E-state index contributed by atoms with van der Waals surface area (Å²) in [5, 5.41) is 6.86. The molecule has 1 saturated heterocycles. The fourth-order valence-electron chi connectivity index (χ4n) is 3.59. The second-order valence-electron chi connectivity index (χ2n) is 8.47. The molecular formula is C23H38N4O2. The normalized spacial score (nSPS) is 20.7. The SMILES string of the molecule is CCNC(=NCc1ccc(C)cc1OCC1CCOC1)NCC(C)N(C)C1CC1. The largest absolute Gasteiger partial charge is 0.493 e. The Hall–Kier alpha value is -1.79. The standard InChI is InChI=1S/C23H38N4O2/c1-5-24-23(25-13-18(3)27(4)21-8-9-21)26-14-20-7-6-17(2)12-22(20)29-16-19-10-11-28-15-19/h6-7,12,18-19,21H,5,8-11,13-16H2,1-4H3,(H2,24,25,26). The van der Waals surface area contributed by atoms with E-state index in [2.05, 4.69) is 61.6 Å². The summed E-state index contributed by atoms with van der Waals surface area (Å²) in [6, 6.07) is 7.63. The predicted octanol–water partition coefficient (Wildman–Crippen LogP) is 2.95. The average Bonchev–Trinajstić information content (AvgIpc) is 3.44. The van der Waals surface area contributed by atoms with Crippen molar-refractivity contribution in [3.05, 3.63) is 29.3 Å². The molecular weight excluding hydrogens is 364 g/mol. The number of nitrogens with zero attached hydrogens (tertiary/aromatic N) is 2. The maximum absolute atomic E-state index is 6.16. The Labute approximate surface area is 176 Å². The molecule has 3 rings (SSSR count). The van der Waals surface area contributed by atoms with Crippen LogP contribution in [0.4, 0.5) is 0 Å². The van der Waals surface area contributed by atoms with Crippen LogP contribution >= 0.6 is 0 Å². The molecule has 2 unspecified atom stereocenters. The first-order chi connectivity index (χ1) is 14.1. The van der Waals surface area contributed by atoms with Gasteiger partial charge in [-0.3, -0.25) is 4.90 Å². The van der Waals surface area contributed by atoms with Crippen molar-refractivity contribution >= 4 is 5.96 Å². The molecule has 0 spiro atoms. The Kier molecular flexibility index (Phi) is 8.19. The van der Waals surface area contributed by atoms with Gasteiger partial charge in [-0.05, 0) is 58.7 Å². The van der Waals surface area contributed by atoms with Crippen molar-refractivity contribution in [1.29, 1.82) is 0 Å². The molecule has 0 aromatic heterocycles. The van der Waals surface area contributed by atoms with Crippen molar-refractivity contribution in [2.75, 3.05) is 40.0 Å². The summed E-state index contributed by atoms with van der Waals surface area (Å²) in [7, 11) is 2.22. The Morgan fingerprint density at radius 1 is 1.31 bits per heavy atom. The minimum atomic E-state index is 0.484. The first-order valence-electron chi connectivity index (χ1n) is 11.1. The van der Waals surface area contributed by atoms with Crippen LogP contribution in [-0.4, -0.2) is 62.9 Å². The van der Waals surface area contributed by atoms with E-state index in [4.69, 9.17) is 14.5 Å². The molecule has 1 heterocycles. The van der Waals surface area contributed by atoms with Crippen LogP contribution in [0.1, 0.15) is 44.2 Å². The quantitative estimate of drug-likeness (QED) is 0.465. The summed E-state index contributed by atoms with van der Waals surface area (Å²) in [4.78, 5) is 7.28. The molecule has 0 bridgehead atoms. The maximum atomic E-state index is 6.16. The number of aliphatic imine (C=N–C) groups is 1. The van der Waals surface area contributed by atoms with Gasteiger partial charge in [-0.1, -0.05) is 12.1 Å². The minimum Gasteiger partial charge on any atom is -0.493 e. The number of rotatable bonds is 10. The molecule has 6 heteroatoms. The van der Waals surface area contributed by atoms with Crippen LogP contribution in [0.15, 0.2) is 23.2 Å². The van der Waals surface area contributed by atoms with E-state index in [0.29, 0.717) is 25.1 Å². The summed E-state index contributed by atoms with van der Waals surface area (Å²) in [6.07, 6.45) is 3.75. The van der Waals surface area contributed by atoms with E-state index in [0.717, 1.165) is 56.0 Å². The zero-order chi connectivity index (χ0) is 20.6. The number of likely N-dealkylation sites (N-methyl/N-ethyl adjacent to an activating group) is 1. The van der Waals surface area contributed by atoms with Crippen LogP contribution in [0.5, 0.6) is 5.75 Å². The lowest BCUT2D eigenvalue weighted by Gasteiger charge is -2.25. The van der Waals surface area contributed by atoms with Crippen LogP contribution < -0.4 is 15.4 Å². The molecule has 2 N–H and O–H groups in total. The predicted molar refractivity (Wildman–Crippen MR) is 119 cm³/mol. The van der Waals surface area contributed by atoms with E-state index in [1.807, 2.05) is 0 Å². The van der Waals surface area contributed by atoms with Gasteiger partial charge in [-0.2, -0.15) is 0 Å². The second kappa shape index (κ2) is 10.8. The summed E-state index contributed by atoms with van der Waals surface area (Å²) >= 11 is 0. The molecule has 29 heavy (non-hydrogen) atoms. The smallest absolute Gasteiger partial charge is 0.191 e. The van der Waals surface area contributed by atoms with Gasteiger partial charge in [-0.25, -0.2) is 4.99 Å². The van der Waals surface area contributed by atoms with Gasteiger partial charge in [0, 0.05) is 43.3 Å². The molecule has 2 aliphatic rings. The first-order valence-corrected chi connectivity index (χ1v) is 11.1. The van der Waals surface area contributed by atoms with Crippen molar-refractivity contribution in [2.24, 2.45) is 10.9 Å². The fourth-order valence-corrected chi connectivity index (χ4v) is 3.59. The number of guanidine groups is 1. The summed E-state index contributed by atoms with van der Waals surface area (Å²) in [6.45, 7) is 11.2. The number of benzene rings is 1. The van der Waals surface area contributed by atoms with Gasteiger partial charge in [-0.15, -0.1) is 0 Å². The zero-order valence-electron chi connectivity index (χ0n) is 18.5. The van der Waals surface area contributed by atoms with Gasteiger partial charge in [0.15, 0.2) is 5.96 Å². The maximum Gasteiger partial charge on any atom is 0.191 e. The summed E-state index contributed by atoms with van der Waals surface area (Å²) in [5.74, 6) is 2.30. The highest BCUT2D eigenvalue weighted by atomic mass is 16.5. The lowest BCUT2D eigenvalue weighted by Crippen LogP contribution is -2.45. The van der Waals surface area contributed by atoms with Crippen molar-refractivity contribution in [3.63, 3.8) is 0 Å². The Morgan fingerprint density at radius 2 is 2.14 bits per heavy atom. The van der Waals surface area contributed by atoms with Crippen LogP contribution in [0.25, 0.3) is 0 Å². The van der Waals surface area contributed by atoms with Crippen LogP contribution in [0.3, 0.4) is 0 Å². The Balaban J connectivity index is 1.58. The van der Waals surface area contributed by atoms with Gasteiger partial charge in [0.25, 0.3) is 0 Å². The van der Waals surface area contributed by atoms with Crippen LogP contribution in [-0.2, 0) is 11.3 Å². The highest BCUT2D eigenvalue weighted by molar-refractivity contribution is 5.79. The fraction of sp³-hybridized carbons (Fsp3) is 0.696. The van der Waals surface area contributed by atoms with Crippen LogP contribution in [0, 0.1) is 12.8 Å². The molecule has 1 aliphatic heterocycles. The van der Waals surface area contributed by atoms with Crippen molar-refractivity contribution < 1.29 is 9.47 Å². The molecule has 1 aliphatic carbocycles. The zero-order valence-corrected chi connectivity index (χ0v) is 18.5. The third-order valence-corrected chi connectivity index (χ3v) is 5.86. The highest BCUT2D eigenvalue weighted by Crippen LogP contribution is 2.26. The molecule has 1 saturated carbocycles. The topological polar surface area (TPSA) is 58.1 Å². The molecule has 6 nitrogen and oxygen atoms in total. The van der Waals surface area contributed by atoms with Gasteiger partial charge in [0.1, 0.15) is 5.75 Å². The van der Waals surface area contributed by atoms with E-state index in [-0.39, 0.29) is 0 Å². The molecule has 2 atom stereocenters. The second-order valence-corrected chi connectivity index (χ2v) is 8.47. The van der Waals surface area contributed by atoms with E-state index < -0.39 is 0 Å². The molecule has 1 aromatic carbocycles. The molecule has 0 amide bonds.